The maximum atomic E-state index is 13.5. The molecule has 1 heterocycles. The minimum Gasteiger partial charge on any atom is -0.351 e. The van der Waals surface area contributed by atoms with Gasteiger partial charge in [0.2, 0.25) is 0 Å². The Morgan fingerprint density at radius 2 is 2.05 bits per heavy atom. The third-order valence-electron chi connectivity index (χ3n) is 2.38. The number of carbonyl (C=O) groups is 1. The molecule has 2 aromatic rings. The quantitative estimate of drug-likeness (QED) is 0.923. The van der Waals surface area contributed by atoms with E-state index in [4.69, 9.17) is 0 Å². The van der Waals surface area contributed by atoms with Gasteiger partial charge in [0.05, 0.1) is 11.2 Å². The van der Waals surface area contributed by atoms with Gasteiger partial charge >= 0.3 is 0 Å². The van der Waals surface area contributed by atoms with Crippen LogP contribution in [0.4, 0.5) is 8.78 Å². The van der Waals surface area contributed by atoms with E-state index in [0.29, 0.717) is 6.42 Å². The Bertz CT molecular complexity index is 566. The number of aromatic nitrogens is 1. The van der Waals surface area contributed by atoms with Crippen molar-refractivity contribution in [2.24, 2.45) is 0 Å². The lowest BCUT2D eigenvalue weighted by atomic mass is 10.2. The van der Waals surface area contributed by atoms with Gasteiger partial charge in [0.25, 0.3) is 5.91 Å². The first-order chi connectivity index (χ1) is 9.08. The molecule has 1 amide bonds. The van der Waals surface area contributed by atoms with Crippen LogP contribution >= 0.6 is 27.3 Å². The van der Waals surface area contributed by atoms with Gasteiger partial charge in [0.15, 0.2) is 0 Å². The van der Waals surface area contributed by atoms with Gasteiger partial charge in [-0.25, -0.2) is 13.8 Å². The van der Waals surface area contributed by atoms with Crippen molar-refractivity contribution in [3.8, 4) is 0 Å². The minimum absolute atomic E-state index is 0.251. The summed E-state index contributed by atoms with van der Waals surface area (Å²) in [6.07, 6.45) is 0.523. The van der Waals surface area contributed by atoms with E-state index in [0.717, 1.165) is 17.8 Å². The van der Waals surface area contributed by atoms with E-state index in [1.54, 1.807) is 5.51 Å². The van der Waals surface area contributed by atoms with Crippen LogP contribution in [0.5, 0.6) is 0 Å². The third-order valence-corrected chi connectivity index (χ3v) is 3.48. The van der Waals surface area contributed by atoms with Crippen LogP contribution in [-0.4, -0.2) is 17.4 Å². The van der Waals surface area contributed by atoms with Crippen molar-refractivity contribution in [3.63, 3.8) is 0 Å². The molecule has 19 heavy (non-hydrogen) atoms. The molecule has 100 valence electrons. The molecule has 0 fully saturated rings. The zero-order valence-corrected chi connectivity index (χ0v) is 12.0. The first-order valence-corrected chi connectivity index (χ1v) is 7.11. The summed E-state index contributed by atoms with van der Waals surface area (Å²) in [6.45, 7) is 0.275. The zero-order chi connectivity index (χ0) is 13.8. The Morgan fingerprint density at radius 3 is 2.63 bits per heavy atom. The van der Waals surface area contributed by atoms with Gasteiger partial charge in [-0.1, -0.05) is 15.9 Å². The molecular weight excluding hydrogens is 338 g/mol. The molecule has 2 rings (SSSR count). The molecule has 3 nitrogen and oxygen atoms in total. The van der Waals surface area contributed by atoms with E-state index >= 15 is 0 Å². The van der Waals surface area contributed by atoms with Gasteiger partial charge in [-0.2, -0.15) is 0 Å². The highest BCUT2D eigenvalue weighted by molar-refractivity contribution is 9.10. The number of rotatable bonds is 4. The second-order valence-electron chi connectivity index (χ2n) is 3.73. The fourth-order valence-corrected chi connectivity index (χ4v) is 2.51. The fraction of sp³-hybridized carbons (Fsp3) is 0.167. The zero-order valence-electron chi connectivity index (χ0n) is 9.62. The normalized spacial score (nSPS) is 10.5. The Kier molecular flexibility index (Phi) is 4.60. The fourth-order valence-electron chi connectivity index (χ4n) is 1.51. The molecule has 0 radical (unpaired) electrons. The summed E-state index contributed by atoms with van der Waals surface area (Å²) in [6, 6.07) is 2.11. The molecule has 0 atom stereocenters. The minimum atomic E-state index is -0.891. The predicted octanol–water partition coefficient (Wildman–Crippen LogP) is 3.16. The van der Waals surface area contributed by atoms with Crippen molar-refractivity contribution in [3.05, 3.63) is 50.4 Å². The summed E-state index contributed by atoms with van der Waals surface area (Å²) >= 11 is 4.41. The van der Waals surface area contributed by atoms with Crippen LogP contribution in [-0.2, 0) is 6.42 Å². The van der Waals surface area contributed by atoms with Gasteiger partial charge in [-0.05, 0) is 12.1 Å². The molecule has 0 aliphatic heterocycles. The summed E-state index contributed by atoms with van der Waals surface area (Å²) in [5.74, 6) is -2.55. The molecule has 7 heteroatoms. The highest BCUT2D eigenvalue weighted by Crippen LogP contribution is 2.19. The number of amides is 1. The van der Waals surface area contributed by atoms with Crippen LogP contribution < -0.4 is 5.32 Å². The van der Waals surface area contributed by atoms with Crippen molar-refractivity contribution >= 4 is 33.2 Å². The predicted molar refractivity (Wildman–Crippen MR) is 72.2 cm³/mol. The summed E-state index contributed by atoms with van der Waals surface area (Å²) in [5.41, 5.74) is 1.95. The first kappa shape index (κ1) is 14.1. The number of hydrogen-bond donors (Lipinski definition) is 1. The van der Waals surface area contributed by atoms with Crippen LogP contribution in [0.25, 0.3) is 0 Å². The van der Waals surface area contributed by atoms with Crippen LogP contribution in [0.2, 0.25) is 0 Å². The Balaban J connectivity index is 2.00. The van der Waals surface area contributed by atoms with Crippen LogP contribution in [0.1, 0.15) is 16.1 Å². The second-order valence-corrected chi connectivity index (χ2v) is 5.36. The SMILES string of the molecule is O=C(NCCc1cscn1)c1c(F)cc(Br)cc1F. The standard InChI is InChI=1S/C12H9BrF2N2OS/c13-7-3-9(14)11(10(15)4-7)12(18)16-2-1-8-5-19-6-17-8/h3-6H,1-2H2,(H,16,18). The topological polar surface area (TPSA) is 42.0 Å². The average molecular weight is 347 g/mol. The number of halogens is 3. The van der Waals surface area contributed by atoms with Crippen molar-refractivity contribution in [2.45, 2.75) is 6.42 Å². The van der Waals surface area contributed by atoms with E-state index in [-0.39, 0.29) is 11.0 Å². The van der Waals surface area contributed by atoms with Crippen molar-refractivity contribution in [1.82, 2.24) is 10.3 Å². The number of thiazole rings is 1. The van der Waals surface area contributed by atoms with Gasteiger partial charge in [0, 0.05) is 22.8 Å². The van der Waals surface area contributed by atoms with Crippen molar-refractivity contribution in [1.29, 1.82) is 0 Å². The molecular formula is C12H9BrF2N2OS. The van der Waals surface area contributed by atoms with Crippen molar-refractivity contribution in [2.75, 3.05) is 6.54 Å². The Hall–Kier alpha value is -1.34. The Morgan fingerprint density at radius 1 is 1.37 bits per heavy atom. The van der Waals surface area contributed by atoms with E-state index in [9.17, 15) is 13.6 Å². The van der Waals surface area contributed by atoms with Crippen LogP contribution in [0, 0.1) is 11.6 Å². The number of nitrogens with one attached hydrogen (secondary N) is 1. The van der Waals surface area contributed by atoms with Crippen molar-refractivity contribution < 1.29 is 13.6 Å². The van der Waals surface area contributed by atoms with Gasteiger partial charge in [-0.3, -0.25) is 4.79 Å². The lowest BCUT2D eigenvalue weighted by Gasteiger charge is -2.07. The molecule has 1 aromatic heterocycles. The smallest absolute Gasteiger partial charge is 0.257 e. The molecule has 0 saturated carbocycles. The number of benzene rings is 1. The third kappa shape index (κ3) is 3.57. The highest BCUT2D eigenvalue weighted by Gasteiger charge is 2.17. The lowest BCUT2D eigenvalue weighted by molar-refractivity contribution is 0.0945. The average Bonchev–Trinajstić information content (AvgIpc) is 2.80. The maximum Gasteiger partial charge on any atom is 0.257 e. The summed E-state index contributed by atoms with van der Waals surface area (Å²) in [4.78, 5) is 15.7. The van der Waals surface area contributed by atoms with Gasteiger partial charge in [-0.15, -0.1) is 11.3 Å². The molecule has 0 saturated heterocycles. The maximum absolute atomic E-state index is 13.5. The number of carbonyl (C=O) groups excluding carboxylic acids is 1. The number of nitrogens with zero attached hydrogens (tertiary/aromatic N) is 1. The molecule has 0 aliphatic rings. The van der Waals surface area contributed by atoms with Gasteiger partial charge in [0.1, 0.15) is 17.2 Å². The van der Waals surface area contributed by atoms with Crippen LogP contribution in [0.3, 0.4) is 0 Å². The molecule has 1 N–H and O–H groups in total. The Labute approximate surface area is 120 Å². The second kappa shape index (κ2) is 6.21. The van der Waals surface area contributed by atoms with E-state index in [1.165, 1.54) is 11.3 Å². The molecule has 0 unspecified atom stereocenters. The lowest BCUT2D eigenvalue weighted by Crippen LogP contribution is -2.27. The van der Waals surface area contributed by atoms with E-state index in [1.807, 2.05) is 5.38 Å². The van der Waals surface area contributed by atoms with Gasteiger partial charge < -0.3 is 5.32 Å². The summed E-state index contributed by atoms with van der Waals surface area (Å²) < 4.78 is 27.3. The molecule has 0 aliphatic carbocycles. The van der Waals surface area contributed by atoms with E-state index < -0.39 is 23.1 Å². The summed E-state index contributed by atoms with van der Waals surface area (Å²) in [7, 11) is 0. The highest BCUT2D eigenvalue weighted by atomic mass is 79.9. The first-order valence-electron chi connectivity index (χ1n) is 5.37. The number of hydrogen-bond acceptors (Lipinski definition) is 3. The molecule has 1 aromatic carbocycles. The van der Waals surface area contributed by atoms with Crippen LogP contribution in [0.15, 0.2) is 27.5 Å². The molecule has 0 bridgehead atoms. The summed E-state index contributed by atoms with van der Waals surface area (Å²) in [5, 5.41) is 4.32. The van der Waals surface area contributed by atoms with E-state index in [2.05, 4.69) is 26.2 Å². The molecule has 0 spiro atoms. The monoisotopic (exact) mass is 346 g/mol. The largest absolute Gasteiger partial charge is 0.351 e.